The molecule has 0 unspecified atom stereocenters. The number of carbonyl (C=O) groups is 1. The molecule has 6 nitrogen and oxygen atoms in total. The molecule has 0 radical (unpaired) electrons. The van der Waals surface area contributed by atoms with E-state index >= 15 is 0 Å². The van der Waals surface area contributed by atoms with Gasteiger partial charge in [-0.3, -0.25) is 4.79 Å². The standard InChI is InChI=1S/C11H16ClN5O/c1-14-11(18)7-2-4-17(5-3-7)10-8(12)9(13)15-6-16-10/h6-7H,2-5H2,1H3,(H,14,18)(H2,13,15,16). The fourth-order valence-electron chi connectivity index (χ4n) is 2.15. The average Bonchev–Trinajstić information content (AvgIpc) is 2.41. The summed E-state index contributed by atoms with van der Waals surface area (Å²) in [6.07, 6.45) is 2.99. The molecule has 0 bridgehead atoms. The number of rotatable bonds is 2. The second-order valence-electron chi connectivity index (χ2n) is 4.27. The summed E-state index contributed by atoms with van der Waals surface area (Å²) < 4.78 is 0. The van der Waals surface area contributed by atoms with E-state index in [0.717, 1.165) is 25.9 Å². The molecule has 1 aliphatic rings. The van der Waals surface area contributed by atoms with E-state index in [2.05, 4.69) is 15.3 Å². The van der Waals surface area contributed by atoms with Crippen molar-refractivity contribution in [2.24, 2.45) is 5.92 Å². The first-order valence-corrected chi connectivity index (χ1v) is 6.23. The van der Waals surface area contributed by atoms with Gasteiger partial charge in [-0.15, -0.1) is 0 Å². The van der Waals surface area contributed by atoms with Crippen molar-refractivity contribution in [3.05, 3.63) is 11.3 Å². The van der Waals surface area contributed by atoms with Crippen LogP contribution >= 0.6 is 11.6 Å². The zero-order valence-corrected chi connectivity index (χ0v) is 10.9. The number of anilines is 2. The van der Waals surface area contributed by atoms with Gasteiger partial charge in [0.2, 0.25) is 5.91 Å². The van der Waals surface area contributed by atoms with E-state index in [1.807, 2.05) is 4.90 Å². The lowest BCUT2D eigenvalue weighted by atomic mass is 9.96. The third kappa shape index (κ3) is 2.48. The molecule has 0 aromatic carbocycles. The van der Waals surface area contributed by atoms with E-state index in [-0.39, 0.29) is 17.6 Å². The van der Waals surface area contributed by atoms with Crippen molar-refractivity contribution < 1.29 is 4.79 Å². The van der Waals surface area contributed by atoms with Crippen LogP contribution in [-0.4, -0.2) is 36.0 Å². The first-order chi connectivity index (χ1) is 8.63. The third-order valence-corrected chi connectivity index (χ3v) is 3.57. The highest BCUT2D eigenvalue weighted by Crippen LogP contribution is 2.30. The Kier molecular flexibility index (Phi) is 3.86. The Bertz CT molecular complexity index is 445. The zero-order chi connectivity index (χ0) is 13.1. The summed E-state index contributed by atoms with van der Waals surface area (Å²) in [5.74, 6) is 1.11. The molecule has 98 valence electrons. The molecule has 0 aliphatic carbocycles. The minimum absolute atomic E-state index is 0.0733. The van der Waals surface area contributed by atoms with Gasteiger partial charge in [-0.25, -0.2) is 9.97 Å². The van der Waals surface area contributed by atoms with Crippen molar-refractivity contribution in [3.63, 3.8) is 0 Å². The summed E-state index contributed by atoms with van der Waals surface area (Å²) >= 11 is 6.08. The number of halogens is 1. The highest BCUT2D eigenvalue weighted by atomic mass is 35.5. The molecule has 0 atom stereocenters. The van der Waals surface area contributed by atoms with Gasteiger partial charge in [-0.2, -0.15) is 0 Å². The summed E-state index contributed by atoms with van der Waals surface area (Å²) in [7, 11) is 1.66. The Morgan fingerprint density at radius 3 is 2.78 bits per heavy atom. The molecule has 1 amide bonds. The molecular weight excluding hydrogens is 254 g/mol. The largest absolute Gasteiger partial charge is 0.382 e. The van der Waals surface area contributed by atoms with Crippen LogP contribution in [0.4, 0.5) is 11.6 Å². The van der Waals surface area contributed by atoms with Crippen LogP contribution in [0.1, 0.15) is 12.8 Å². The van der Waals surface area contributed by atoms with Crippen molar-refractivity contribution in [2.45, 2.75) is 12.8 Å². The lowest BCUT2D eigenvalue weighted by Gasteiger charge is -2.32. The predicted octanol–water partition coefficient (Wildman–Crippen LogP) is 0.675. The minimum Gasteiger partial charge on any atom is -0.382 e. The zero-order valence-electron chi connectivity index (χ0n) is 10.2. The lowest BCUT2D eigenvalue weighted by molar-refractivity contribution is -0.125. The topological polar surface area (TPSA) is 84.1 Å². The van der Waals surface area contributed by atoms with Gasteiger partial charge in [0.15, 0.2) is 5.82 Å². The van der Waals surface area contributed by atoms with Crippen molar-refractivity contribution in [1.29, 1.82) is 0 Å². The van der Waals surface area contributed by atoms with Crippen LogP contribution in [0.5, 0.6) is 0 Å². The normalized spacial score (nSPS) is 16.7. The quantitative estimate of drug-likeness (QED) is 0.825. The molecule has 3 N–H and O–H groups in total. The Morgan fingerprint density at radius 1 is 1.50 bits per heavy atom. The number of hydrogen-bond donors (Lipinski definition) is 2. The van der Waals surface area contributed by atoms with Crippen LogP contribution in [0, 0.1) is 5.92 Å². The monoisotopic (exact) mass is 269 g/mol. The summed E-state index contributed by atoms with van der Waals surface area (Å²) in [5, 5.41) is 3.07. The Hall–Kier alpha value is -1.56. The van der Waals surface area contributed by atoms with E-state index in [1.165, 1.54) is 6.33 Å². The number of hydrogen-bond acceptors (Lipinski definition) is 5. The maximum Gasteiger partial charge on any atom is 0.222 e. The first kappa shape index (κ1) is 12.9. The predicted molar refractivity (Wildman–Crippen MR) is 70.5 cm³/mol. The van der Waals surface area contributed by atoms with Gasteiger partial charge < -0.3 is 16.0 Å². The van der Waals surface area contributed by atoms with Crippen molar-refractivity contribution in [2.75, 3.05) is 30.8 Å². The van der Waals surface area contributed by atoms with E-state index in [1.54, 1.807) is 7.05 Å². The van der Waals surface area contributed by atoms with E-state index < -0.39 is 0 Å². The molecule has 1 aromatic heterocycles. The first-order valence-electron chi connectivity index (χ1n) is 5.86. The van der Waals surface area contributed by atoms with Gasteiger partial charge in [0.1, 0.15) is 17.2 Å². The van der Waals surface area contributed by atoms with Gasteiger partial charge in [0.25, 0.3) is 0 Å². The van der Waals surface area contributed by atoms with Gasteiger partial charge in [0.05, 0.1) is 0 Å². The van der Waals surface area contributed by atoms with E-state index in [9.17, 15) is 4.79 Å². The van der Waals surface area contributed by atoms with Crippen molar-refractivity contribution in [1.82, 2.24) is 15.3 Å². The second kappa shape index (κ2) is 5.39. The second-order valence-corrected chi connectivity index (χ2v) is 4.65. The molecular formula is C11H16ClN5O. The van der Waals surface area contributed by atoms with E-state index in [0.29, 0.717) is 10.8 Å². The summed E-state index contributed by atoms with van der Waals surface area (Å²) in [6, 6.07) is 0. The van der Waals surface area contributed by atoms with Gasteiger partial charge in [-0.05, 0) is 12.8 Å². The molecule has 1 fully saturated rings. The summed E-state index contributed by atoms with van der Waals surface area (Å²) in [6.45, 7) is 1.49. The number of piperidine rings is 1. The van der Waals surface area contributed by atoms with Crippen LogP contribution in [0.2, 0.25) is 5.02 Å². The van der Waals surface area contributed by atoms with E-state index in [4.69, 9.17) is 17.3 Å². The number of nitrogens with two attached hydrogens (primary N) is 1. The van der Waals surface area contributed by atoms with Crippen LogP contribution in [-0.2, 0) is 4.79 Å². The number of nitrogen functional groups attached to an aromatic ring is 1. The van der Waals surface area contributed by atoms with Gasteiger partial charge in [-0.1, -0.05) is 11.6 Å². The van der Waals surface area contributed by atoms with Crippen molar-refractivity contribution in [3.8, 4) is 0 Å². The molecule has 1 aromatic rings. The third-order valence-electron chi connectivity index (χ3n) is 3.21. The Labute approximate surface area is 111 Å². The molecule has 7 heteroatoms. The Morgan fingerprint density at radius 2 is 2.17 bits per heavy atom. The smallest absolute Gasteiger partial charge is 0.222 e. The number of amides is 1. The molecule has 0 spiro atoms. The number of nitrogens with one attached hydrogen (secondary N) is 1. The molecule has 0 saturated carbocycles. The summed E-state index contributed by atoms with van der Waals surface area (Å²) in [4.78, 5) is 21.6. The molecule has 2 heterocycles. The minimum atomic E-state index is 0.0733. The lowest BCUT2D eigenvalue weighted by Crippen LogP contribution is -2.40. The maximum absolute atomic E-state index is 11.5. The average molecular weight is 270 g/mol. The maximum atomic E-state index is 11.5. The fourth-order valence-corrected chi connectivity index (χ4v) is 2.37. The van der Waals surface area contributed by atoms with Crippen LogP contribution in [0.15, 0.2) is 6.33 Å². The fraction of sp³-hybridized carbons (Fsp3) is 0.545. The molecule has 2 rings (SSSR count). The highest BCUT2D eigenvalue weighted by molar-refractivity contribution is 6.35. The molecule has 1 aliphatic heterocycles. The van der Waals surface area contributed by atoms with Crippen LogP contribution in [0.25, 0.3) is 0 Å². The van der Waals surface area contributed by atoms with Gasteiger partial charge >= 0.3 is 0 Å². The van der Waals surface area contributed by atoms with Crippen LogP contribution < -0.4 is 16.0 Å². The summed E-state index contributed by atoms with van der Waals surface area (Å²) in [5.41, 5.74) is 5.65. The highest BCUT2D eigenvalue weighted by Gasteiger charge is 2.26. The number of nitrogens with zero attached hydrogens (tertiary/aromatic N) is 3. The number of carbonyl (C=O) groups excluding carboxylic acids is 1. The molecule has 1 saturated heterocycles. The van der Waals surface area contributed by atoms with Gasteiger partial charge in [0, 0.05) is 26.1 Å². The van der Waals surface area contributed by atoms with Crippen LogP contribution in [0.3, 0.4) is 0 Å². The SMILES string of the molecule is CNC(=O)C1CCN(c2ncnc(N)c2Cl)CC1. The number of aromatic nitrogens is 2. The Balaban J connectivity index is 2.06. The van der Waals surface area contributed by atoms with Crippen molar-refractivity contribution >= 4 is 29.1 Å². The molecule has 18 heavy (non-hydrogen) atoms.